The fourth-order valence-electron chi connectivity index (χ4n) is 13.4. The Balaban J connectivity index is 0.000000576. The first kappa shape index (κ1) is 36.1. The van der Waals surface area contributed by atoms with Crippen molar-refractivity contribution in [1.82, 2.24) is 19.9 Å². The molecule has 8 saturated carbocycles. The molecule has 1 aromatic carbocycles. The van der Waals surface area contributed by atoms with Crippen molar-refractivity contribution in [3.05, 3.63) is 144 Å². The molecular weight excluding hydrogens is 726 g/mol. The average molecular weight is 779 g/mol. The summed E-state index contributed by atoms with van der Waals surface area (Å²) in [6.45, 7) is 0. The Morgan fingerprint density at radius 3 is 1.60 bits per heavy atom. The number of hydrogen-bond donors (Lipinski definition) is 0. The van der Waals surface area contributed by atoms with Gasteiger partial charge in [-0.2, -0.15) is 18.2 Å². The van der Waals surface area contributed by atoms with Gasteiger partial charge >= 0.3 is 17.1 Å². The molecule has 2 aromatic heterocycles. The van der Waals surface area contributed by atoms with Crippen molar-refractivity contribution in [1.29, 1.82) is 0 Å². The summed E-state index contributed by atoms with van der Waals surface area (Å²) in [6.07, 6.45) is 46.8. The summed E-state index contributed by atoms with van der Waals surface area (Å²) < 4.78 is 0. The van der Waals surface area contributed by atoms with E-state index >= 15 is 0 Å². The van der Waals surface area contributed by atoms with Gasteiger partial charge in [0.2, 0.25) is 0 Å². The number of nitrogens with zero attached hydrogens (tertiary/aromatic N) is 4. The summed E-state index contributed by atoms with van der Waals surface area (Å²) in [7, 11) is 3.02. The van der Waals surface area contributed by atoms with E-state index in [4.69, 9.17) is 9.97 Å². The Morgan fingerprint density at radius 2 is 1.21 bits per heavy atom. The van der Waals surface area contributed by atoms with Crippen LogP contribution in [-0.4, -0.2) is 36.4 Å². The molecule has 10 aliphatic carbocycles. The van der Waals surface area contributed by atoms with Crippen molar-refractivity contribution in [3.63, 3.8) is 0 Å². The van der Waals surface area contributed by atoms with Gasteiger partial charge in [-0.1, -0.05) is 25.6 Å². The van der Waals surface area contributed by atoms with Gasteiger partial charge in [-0.05, 0) is 140 Å². The summed E-state index contributed by atoms with van der Waals surface area (Å²) in [4.78, 5) is 19.1. The van der Waals surface area contributed by atoms with Crippen LogP contribution >= 0.6 is 17.2 Å². The van der Waals surface area contributed by atoms with Gasteiger partial charge in [-0.25, -0.2) is 12.1 Å². The van der Waals surface area contributed by atoms with E-state index in [1.165, 1.54) is 106 Å². The van der Waals surface area contributed by atoms with E-state index in [2.05, 4.69) is 62.1 Å². The summed E-state index contributed by atoms with van der Waals surface area (Å²) in [5, 5.41) is 0.508. The molecule has 0 N–H and O–H groups in total. The van der Waals surface area contributed by atoms with Crippen molar-refractivity contribution in [2.45, 2.75) is 92.5 Å². The van der Waals surface area contributed by atoms with E-state index in [-0.39, 0.29) is 25.0 Å². The van der Waals surface area contributed by atoms with E-state index in [1.807, 2.05) is 55.1 Å². The summed E-state index contributed by atoms with van der Waals surface area (Å²) in [5.41, 5.74) is 7.33. The SMILES string of the molecule is PC(C1=CC(=C2C=CC=C[CH-]2)C=C1CP(C12CC3CC(CC(C3)C1)C2)C12CC3CC(CC(C3)C1)C2)(c1cnccn1)c1cnccn1.[Fe+2].c1cc[cH-]c1. The topological polar surface area (TPSA) is 51.6 Å². The van der Waals surface area contributed by atoms with Crippen molar-refractivity contribution in [2.75, 3.05) is 6.16 Å². The monoisotopic (exact) mass is 778 g/mol. The first-order chi connectivity index (χ1) is 25.5. The number of allylic oxidation sites excluding steroid dienone is 10. The minimum atomic E-state index is -0.630. The molecular formula is C46H52FeN4P2. The van der Waals surface area contributed by atoms with Gasteiger partial charge < -0.3 is 0 Å². The zero-order chi connectivity index (χ0) is 34.8. The van der Waals surface area contributed by atoms with Crippen molar-refractivity contribution >= 4 is 17.2 Å². The van der Waals surface area contributed by atoms with Crippen molar-refractivity contribution in [3.8, 4) is 0 Å². The molecule has 274 valence electrons. The maximum Gasteiger partial charge on any atom is 2.00 e. The number of rotatable bonds is 7. The van der Waals surface area contributed by atoms with Crippen molar-refractivity contribution in [2.24, 2.45) is 35.5 Å². The van der Waals surface area contributed by atoms with E-state index < -0.39 is 5.16 Å². The first-order valence-electron chi connectivity index (χ1n) is 20.1. The van der Waals surface area contributed by atoms with Crippen LogP contribution < -0.4 is 0 Å². The van der Waals surface area contributed by atoms with Gasteiger partial charge in [0.05, 0.1) is 28.9 Å². The Labute approximate surface area is 330 Å². The molecule has 1 unspecified atom stereocenters. The minimum Gasteiger partial charge on any atom is -0.261 e. The normalized spacial score (nSPS) is 36.2. The maximum atomic E-state index is 4.97. The third-order valence-electron chi connectivity index (χ3n) is 14.5. The van der Waals surface area contributed by atoms with Gasteiger partial charge in [-0.3, -0.25) is 19.9 Å². The third kappa shape index (κ3) is 6.55. The zero-order valence-corrected chi connectivity index (χ0v) is 33.9. The third-order valence-corrected chi connectivity index (χ3v) is 19.4. The molecule has 0 radical (unpaired) electrons. The fourth-order valence-corrected chi connectivity index (χ4v) is 19.1. The van der Waals surface area contributed by atoms with Gasteiger partial charge in [-0.15, -0.1) is 45.5 Å². The molecule has 13 rings (SSSR count). The predicted octanol–water partition coefficient (Wildman–Crippen LogP) is 10.7. The van der Waals surface area contributed by atoms with E-state index in [1.54, 1.807) is 12.4 Å². The van der Waals surface area contributed by atoms with Crippen molar-refractivity contribution < 1.29 is 17.1 Å². The van der Waals surface area contributed by atoms with Crippen LogP contribution in [0.15, 0.2) is 126 Å². The molecule has 53 heavy (non-hydrogen) atoms. The molecule has 10 aliphatic rings. The van der Waals surface area contributed by atoms with Crippen LogP contribution in [0.25, 0.3) is 0 Å². The minimum absolute atomic E-state index is 0. The zero-order valence-electron chi connectivity index (χ0n) is 30.7. The van der Waals surface area contributed by atoms with Gasteiger partial charge in [0.15, 0.2) is 0 Å². The Hall–Kier alpha value is -2.54. The van der Waals surface area contributed by atoms with Crippen LogP contribution in [0.3, 0.4) is 0 Å². The smallest absolute Gasteiger partial charge is 0.261 e. The molecule has 2 heterocycles. The van der Waals surface area contributed by atoms with Crippen LogP contribution in [0, 0.1) is 41.9 Å². The predicted molar refractivity (Wildman–Crippen MR) is 216 cm³/mol. The molecule has 8 fully saturated rings. The summed E-state index contributed by atoms with van der Waals surface area (Å²) in [6, 6.07) is 10.0. The molecule has 8 bridgehead atoms. The molecule has 0 spiro atoms. The van der Waals surface area contributed by atoms with Gasteiger partial charge in [0.25, 0.3) is 0 Å². The van der Waals surface area contributed by atoms with Crippen LogP contribution in [0.4, 0.5) is 0 Å². The molecule has 7 heteroatoms. The van der Waals surface area contributed by atoms with Crippen LogP contribution in [0.1, 0.15) is 88.4 Å². The quantitative estimate of drug-likeness (QED) is 0.136. The van der Waals surface area contributed by atoms with E-state index in [0.29, 0.717) is 10.3 Å². The Bertz CT molecular complexity index is 1760. The molecule has 0 amide bonds. The summed E-state index contributed by atoms with van der Waals surface area (Å²) in [5.74, 6) is 5.91. The Kier molecular flexibility index (Phi) is 9.89. The second-order valence-corrected chi connectivity index (χ2v) is 21.8. The van der Waals surface area contributed by atoms with Crippen LogP contribution in [0.2, 0.25) is 0 Å². The molecule has 4 nitrogen and oxygen atoms in total. The van der Waals surface area contributed by atoms with Gasteiger partial charge in [0.1, 0.15) is 0 Å². The number of hydrogen-bond acceptors (Lipinski definition) is 4. The van der Waals surface area contributed by atoms with E-state index in [0.717, 1.165) is 46.9 Å². The fraction of sp³-hybridized carbons (Fsp3) is 0.478. The number of aromatic nitrogens is 4. The second-order valence-electron chi connectivity index (χ2n) is 17.9. The van der Waals surface area contributed by atoms with Crippen LogP contribution in [0.5, 0.6) is 0 Å². The van der Waals surface area contributed by atoms with E-state index in [9.17, 15) is 0 Å². The largest absolute Gasteiger partial charge is 2.00 e. The van der Waals surface area contributed by atoms with Crippen LogP contribution in [-0.2, 0) is 22.2 Å². The molecule has 3 aromatic rings. The first-order valence-corrected chi connectivity index (χ1v) is 22.2. The molecule has 0 saturated heterocycles. The average Bonchev–Trinajstić information content (AvgIpc) is 3.88. The maximum absolute atomic E-state index is 4.97. The summed E-state index contributed by atoms with van der Waals surface area (Å²) >= 11 is 0. The Morgan fingerprint density at radius 1 is 0.698 bits per heavy atom. The molecule has 1 atom stereocenters. The van der Waals surface area contributed by atoms with Gasteiger partial charge in [0, 0.05) is 24.8 Å². The second kappa shape index (κ2) is 14.5. The standard InChI is InChI=1S/C41H47N4P2.C5H5.Fe/c46-41(37-24-42-6-8-44-37,38-25-43-7-9-45-38)36-17-34(33-4-2-1-3-5-33)16-35(36)26-47(39-18-27-10-28(19-39)12-29(11-27)20-39)40-21-30-13-31(22-40)15-32(14-30)23-40;1-2-4-5-3-1;/h1-9,16-17,24-25,27-32H,10-15,18-23,26,46H2;1-5H;/q2*-1;+2. The molecule has 0 aliphatic heterocycles.